The van der Waals surface area contributed by atoms with E-state index in [1.165, 1.54) is 36.9 Å². The van der Waals surface area contributed by atoms with Gasteiger partial charge in [0.25, 0.3) is 0 Å². The molecule has 1 saturated heterocycles. The third-order valence-corrected chi connectivity index (χ3v) is 3.76. The summed E-state index contributed by atoms with van der Waals surface area (Å²) in [5, 5.41) is 3.18. The Hall–Kier alpha value is -0.860. The first-order valence-corrected chi connectivity index (χ1v) is 6.80. The predicted octanol–water partition coefficient (Wildman–Crippen LogP) is 2.78. The summed E-state index contributed by atoms with van der Waals surface area (Å²) < 4.78 is 0. The summed E-state index contributed by atoms with van der Waals surface area (Å²) in [5.41, 5.74) is 2.81. The Bertz CT molecular complexity index is 331. The van der Waals surface area contributed by atoms with E-state index < -0.39 is 0 Å². The molecule has 2 nitrogen and oxygen atoms in total. The van der Waals surface area contributed by atoms with Crippen molar-refractivity contribution in [2.24, 2.45) is 0 Å². The molecule has 0 saturated carbocycles. The number of benzene rings is 1. The average Bonchev–Trinajstić information content (AvgIpc) is 2.79. The molecule has 17 heavy (non-hydrogen) atoms. The molecule has 2 heteroatoms. The molecule has 1 unspecified atom stereocenters. The van der Waals surface area contributed by atoms with Crippen molar-refractivity contribution in [3.05, 3.63) is 35.4 Å². The van der Waals surface area contributed by atoms with Gasteiger partial charge >= 0.3 is 0 Å². The largest absolute Gasteiger partial charge is 0.316 e. The van der Waals surface area contributed by atoms with Crippen LogP contribution in [0.25, 0.3) is 0 Å². The second kappa shape index (κ2) is 6.18. The fraction of sp³-hybridized carbons (Fsp3) is 0.600. The van der Waals surface area contributed by atoms with Crippen LogP contribution in [0.2, 0.25) is 0 Å². The highest BCUT2D eigenvalue weighted by Crippen LogP contribution is 2.22. The molecule has 0 radical (unpaired) electrons. The maximum atomic E-state index is 3.18. The number of likely N-dealkylation sites (tertiary alicyclic amines) is 1. The number of nitrogens with one attached hydrogen (secondary N) is 1. The van der Waals surface area contributed by atoms with Crippen LogP contribution in [-0.2, 0) is 13.1 Å². The number of rotatable bonds is 5. The van der Waals surface area contributed by atoms with Gasteiger partial charge in [0.2, 0.25) is 0 Å². The van der Waals surface area contributed by atoms with Crippen LogP contribution in [-0.4, -0.2) is 24.5 Å². The molecule has 1 N–H and O–H groups in total. The van der Waals surface area contributed by atoms with Crippen LogP contribution in [0.1, 0.15) is 37.3 Å². The standard InChI is InChI=1S/C15H24N2/c1-3-15-5-4-10-17(15)12-14-8-6-13(7-9-14)11-16-2/h6-9,15-16H,3-5,10-12H2,1-2H3. The van der Waals surface area contributed by atoms with Crippen molar-refractivity contribution in [1.29, 1.82) is 0 Å². The van der Waals surface area contributed by atoms with Gasteiger partial charge in [-0.25, -0.2) is 0 Å². The lowest BCUT2D eigenvalue weighted by Gasteiger charge is -2.23. The molecular formula is C15H24N2. The van der Waals surface area contributed by atoms with E-state index in [9.17, 15) is 0 Å². The van der Waals surface area contributed by atoms with E-state index in [0.717, 1.165) is 19.1 Å². The second-order valence-corrected chi connectivity index (χ2v) is 5.02. The van der Waals surface area contributed by atoms with E-state index in [4.69, 9.17) is 0 Å². The lowest BCUT2D eigenvalue weighted by Crippen LogP contribution is -2.28. The fourth-order valence-corrected chi connectivity index (χ4v) is 2.77. The third-order valence-electron chi connectivity index (χ3n) is 3.76. The Kier molecular flexibility index (Phi) is 4.57. The normalized spacial score (nSPS) is 20.9. The van der Waals surface area contributed by atoms with Crippen LogP contribution in [0.3, 0.4) is 0 Å². The van der Waals surface area contributed by atoms with Crippen molar-refractivity contribution >= 4 is 0 Å². The van der Waals surface area contributed by atoms with E-state index in [1.54, 1.807) is 0 Å². The van der Waals surface area contributed by atoms with Gasteiger partial charge in [-0.15, -0.1) is 0 Å². The summed E-state index contributed by atoms with van der Waals surface area (Å²) >= 11 is 0. The SMILES string of the molecule is CCC1CCCN1Cc1ccc(CNC)cc1. The highest BCUT2D eigenvalue weighted by Gasteiger charge is 2.22. The summed E-state index contributed by atoms with van der Waals surface area (Å²) in [7, 11) is 1.99. The quantitative estimate of drug-likeness (QED) is 0.840. The van der Waals surface area contributed by atoms with Gasteiger partial charge in [-0.1, -0.05) is 31.2 Å². The van der Waals surface area contributed by atoms with Crippen molar-refractivity contribution in [3.63, 3.8) is 0 Å². The van der Waals surface area contributed by atoms with E-state index in [1.807, 2.05) is 7.05 Å². The molecule has 2 rings (SSSR count). The lowest BCUT2D eigenvalue weighted by molar-refractivity contribution is 0.240. The summed E-state index contributed by atoms with van der Waals surface area (Å²) in [5.74, 6) is 0. The van der Waals surface area contributed by atoms with Crippen molar-refractivity contribution < 1.29 is 0 Å². The molecule has 1 heterocycles. The molecule has 1 aliphatic rings. The van der Waals surface area contributed by atoms with Gasteiger partial charge < -0.3 is 5.32 Å². The molecule has 0 spiro atoms. The molecule has 0 bridgehead atoms. The molecule has 1 aromatic carbocycles. The van der Waals surface area contributed by atoms with Gasteiger partial charge in [0.15, 0.2) is 0 Å². The molecule has 1 fully saturated rings. The van der Waals surface area contributed by atoms with Gasteiger partial charge in [0.05, 0.1) is 0 Å². The predicted molar refractivity (Wildman–Crippen MR) is 72.9 cm³/mol. The van der Waals surface area contributed by atoms with Crippen molar-refractivity contribution in [1.82, 2.24) is 10.2 Å². The second-order valence-electron chi connectivity index (χ2n) is 5.02. The summed E-state index contributed by atoms with van der Waals surface area (Å²) in [4.78, 5) is 2.63. The Balaban J connectivity index is 1.94. The molecular weight excluding hydrogens is 208 g/mol. The zero-order valence-electron chi connectivity index (χ0n) is 11.1. The number of hydrogen-bond acceptors (Lipinski definition) is 2. The molecule has 0 amide bonds. The zero-order valence-corrected chi connectivity index (χ0v) is 11.1. The maximum absolute atomic E-state index is 3.18. The molecule has 1 atom stereocenters. The Labute approximate surface area is 105 Å². The fourth-order valence-electron chi connectivity index (χ4n) is 2.77. The first-order chi connectivity index (χ1) is 8.33. The first-order valence-electron chi connectivity index (χ1n) is 6.80. The minimum atomic E-state index is 0.812. The summed E-state index contributed by atoms with van der Waals surface area (Å²) in [6.45, 7) is 5.66. The molecule has 1 aromatic rings. The van der Waals surface area contributed by atoms with E-state index >= 15 is 0 Å². The molecule has 1 aliphatic heterocycles. The minimum absolute atomic E-state index is 0.812. The number of nitrogens with zero attached hydrogens (tertiary/aromatic N) is 1. The van der Waals surface area contributed by atoms with Gasteiger partial charge in [0.1, 0.15) is 0 Å². The van der Waals surface area contributed by atoms with Crippen LogP contribution < -0.4 is 5.32 Å². The lowest BCUT2D eigenvalue weighted by atomic mass is 10.1. The van der Waals surface area contributed by atoms with Crippen LogP contribution >= 0.6 is 0 Å². The van der Waals surface area contributed by atoms with Gasteiger partial charge in [0, 0.05) is 19.1 Å². The topological polar surface area (TPSA) is 15.3 Å². The maximum Gasteiger partial charge on any atom is 0.0236 e. The minimum Gasteiger partial charge on any atom is -0.316 e. The molecule has 94 valence electrons. The van der Waals surface area contributed by atoms with Gasteiger partial charge in [-0.05, 0) is 44.0 Å². The van der Waals surface area contributed by atoms with E-state index in [2.05, 4.69) is 41.4 Å². The van der Waals surface area contributed by atoms with E-state index in [0.29, 0.717) is 0 Å². The number of hydrogen-bond donors (Lipinski definition) is 1. The van der Waals surface area contributed by atoms with Crippen LogP contribution in [0, 0.1) is 0 Å². The summed E-state index contributed by atoms with van der Waals surface area (Å²) in [6.07, 6.45) is 4.04. The Morgan fingerprint density at radius 2 is 1.94 bits per heavy atom. The molecule has 0 aliphatic carbocycles. The van der Waals surface area contributed by atoms with Crippen molar-refractivity contribution in [3.8, 4) is 0 Å². The smallest absolute Gasteiger partial charge is 0.0236 e. The van der Waals surface area contributed by atoms with Crippen LogP contribution in [0.4, 0.5) is 0 Å². The highest BCUT2D eigenvalue weighted by atomic mass is 15.2. The van der Waals surface area contributed by atoms with Crippen molar-refractivity contribution in [2.75, 3.05) is 13.6 Å². The van der Waals surface area contributed by atoms with Crippen LogP contribution in [0.5, 0.6) is 0 Å². The van der Waals surface area contributed by atoms with Gasteiger partial charge in [-0.3, -0.25) is 4.90 Å². The van der Waals surface area contributed by atoms with Gasteiger partial charge in [-0.2, -0.15) is 0 Å². The van der Waals surface area contributed by atoms with Crippen LogP contribution in [0.15, 0.2) is 24.3 Å². The Morgan fingerprint density at radius 1 is 1.24 bits per heavy atom. The summed E-state index contributed by atoms with van der Waals surface area (Å²) in [6, 6.07) is 9.84. The van der Waals surface area contributed by atoms with Crippen molar-refractivity contribution in [2.45, 2.75) is 45.3 Å². The zero-order chi connectivity index (χ0) is 12.1. The monoisotopic (exact) mass is 232 g/mol. The Morgan fingerprint density at radius 3 is 2.59 bits per heavy atom. The third kappa shape index (κ3) is 3.30. The highest BCUT2D eigenvalue weighted by molar-refractivity contribution is 5.22. The average molecular weight is 232 g/mol. The first kappa shape index (κ1) is 12.6. The van der Waals surface area contributed by atoms with E-state index in [-0.39, 0.29) is 0 Å². The molecule has 0 aromatic heterocycles.